The fraction of sp³-hybridized carbons (Fsp3) is 0.308. The molecule has 0 radical (unpaired) electrons. The van der Waals surface area contributed by atoms with E-state index in [2.05, 4.69) is 4.98 Å². The number of alkyl halides is 3. The van der Waals surface area contributed by atoms with Crippen molar-refractivity contribution in [2.75, 3.05) is 11.9 Å². The second-order valence-corrected chi connectivity index (χ2v) is 5.05. The summed E-state index contributed by atoms with van der Waals surface area (Å²) in [6.07, 6.45) is -4.38. The van der Waals surface area contributed by atoms with Crippen LogP contribution in [0.5, 0.6) is 0 Å². The molecule has 19 heavy (non-hydrogen) atoms. The van der Waals surface area contributed by atoms with E-state index in [1.165, 1.54) is 0 Å². The molecule has 0 aliphatic heterocycles. The molecule has 0 aliphatic rings. The van der Waals surface area contributed by atoms with Crippen molar-refractivity contribution in [2.45, 2.75) is 19.1 Å². The molecular formula is C13H13F3N2S. The van der Waals surface area contributed by atoms with Crippen molar-refractivity contribution < 1.29 is 13.2 Å². The minimum atomic E-state index is -4.38. The van der Waals surface area contributed by atoms with Crippen LogP contribution in [0.1, 0.15) is 24.2 Å². The molecule has 0 saturated heterocycles. The second kappa shape index (κ2) is 5.21. The number of halogens is 3. The third-order valence-corrected chi connectivity index (χ3v) is 3.88. The monoisotopic (exact) mass is 286 g/mol. The number of rotatable bonds is 3. The Bertz CT molecular complexity index is 536. The molecule has 0 saturated carbocycles. The highest BCUT2D eigenvalue weighted by atomic mass is 32.1. The molecule has 0 N–H and O–H groups in total. The molecule has 1 aromatic carbocycles. The number of aromatic nitrogens is 1. The Kier molecular flexibility index (Phi) is 3.80. The Hall–Kier alpha value is -1.56. The van der Waals surface area contributed by atoms with Crippen molar-refractivity contribution >= 4 is 16.5 Å². The first-order chi connectivity index (χ1) is 8.89. The van der Waals surface area contributed by atoms with Gasteiger partial charge in [-0.05, 0) is 12.5 Å². The third-order valence-electron chi connectivity index (χ3n) is 2.95. The summed E-state index contributed by atoms with van der Waals surface area (Å²) in [6, 6.07) is 9.57. The van der Waals surface area contributed by atoms with E-state index in [1.807, 2.05) is 37.3 Å². The molecule has 1 heterocycles. The zero-order chi connectivity index (χ0) is 14.0. The van der Waals surface area contributed by atoms with E-state index in [0.29, 0.717) is 5.13 Å². The number of hydrogen-bond acceptors (Lipinski definition) is 3. The topological polar surface area (TPSA) is 16.1 Å². The fourth-order valence-corrected chi connectivity index (χ4v) is 2.56. The molecular weight excluding hydrogens is 273 g/mol. The van der Waals surface area contributed by atoms with Crippen LogP contribution in [0.15, 0.2) is 35.7 Å². The Morgan fingerprint density at radius 1 is 1.21 bits per heavy atom. The molecule has 1 unspecified atom stereocenters. The summed E-state index contributed by atoms with van der Waals surface area (Å²) in [5.74, 6) is 0. The van der Waals surface area contributed by atoms with Crippen LogP contribution in [-0.4, -0.2) is 12.0 Å². The molecule has 2 aromatic rings. The smallest absolute Gasteiger partial charge is 0.344 e. The van der Waals surface area contributed by atoms with Crippen LogP contribution in [0.3, 0.4) is 0 Å². The van der Waals surface area contributed by atoms with E-state index in [-0.39, 0.29) is 6.04 Å². The predicted octanol–water partition coefficient (Wildman–Crippen LogP) is 4.36. The molecule has 2 rings (SSSR count). The molecule has 6 heteroatoms. The Balaban J connectivity index is 2.20. The standard InChI is InChI=1S/C13H13F3N2S/c1-9(10-6-4-3-5-7-10)18(2)12-17-11(8-19-12)13(14,15)16/h3-9H,1-2H3. The third kappa shape index (κ3) is 3.07. The summed E-state index contributed by atoms with van der Waals surface area (Å²) < 4.78 is 37.5. The lowest BCUT2D eigenvalue weighted by Gasteiger charge is -2.24. The SMILES string of the molecule is CC(c1ccccc1)N(C)c1nc(C(F)(F)F)cs1. The minimum absolute atomic E-state index is 0.0339. The van der Waals surface area contributed by atoms with E-state index >= 15 is 0 Å². The van der Waals surface area contributed by atoms with Gasteiger partial charge in [0, 0.05) is 12.4 Å². The molecule has 1 aromatic heterocycles. The van der Waals surface area contributed by atoms with Crippen molar-refractivity contribution in [3.63, 3.8) is 0 Å². The van der Waals surface area contributed by atoms with E-state index in [0.717, 1.165) is 22.3 Å². The summed E-state index contributed by atoms with van der Waals surface area (Å²) in [7, 11) is 1.75. The van der Waals surface area contributed by atoms with Crippen molar-refractivity contribution in [3.05, 3.63) is 47.0 Å². The first-order valence-electron chi connectivity index (χ1n) is 5.70. The molecule has 1 atom stereocenters. The second-order valence-electron chi connectivity index (χ2n) is 4.21. The predicted molar refractivity (Wildman–Crippen MR) is 70.4 cm³/mol. The van der Waals surface area contributed by atoms with Gasteiger partial charge in [0.2, 0.25) is 0 Å². The van der Waals surface area contributed by atoms with Gasteiger partial charge in [-0.15, -0.1) is 11.3 Å². The number of benzene rings is 1. The van der Waals surface area contributed by atoms with Gasteiger partial charge in [0.05, 0.1) is 6.04 Å². The Labute approximate surface area is 113 Å². The van der Waals surface area contributed by atoms with Gasteiger partial charge < -0.3 is 4.90 Å². The van der Waals surface area contributed by atoms with Crippen LogP contribution in [0.2, 0.25) is 0 Å². The zero-order valence-electron chi connectivity index (χ0n) is 10.5. The van der Waals surface area contributed by atoms with Gasteiger partial charge in [0.25, 0.3) is 0 Å². The van der Waals surface area contributed by atoms with Gasteiger partial charge >= 0.3 is 6.18 Å². The van der Waals surface area contributed by atoms with Crippen LogP contribution in [0.4, 0.5) is 18.3 Å². The highest BCUT2D eigenvalue weighted by molar-refractivity contribution is 7.13. The molecule has 0 spiro atoms. The fourth-order valence-electron chi connectivity index (χ4n) is 1.68. The summed E-state index contributed by atoms with van der Waals surface area (Å²) in [5, 5.41) is 1.41. The molecule has 0 aliphatic carbocycles. The Morgan fingerprint density at radius 2 is 1.84 bits per heavy atom. The van der Waals surface area contributed by atoms with Crippen LogP contribution < -0.4 is 4.90 Å². The van der Waals surface area contributed by atoms with Crippen LogP contribution in [-0.2, 0) is 6.18 Å². The lowest BCUT2D eigenvalue weighted by molar-refractivity contribution is -0.140. The molecule has 0 bridgehead atoms. The van der Waals surface area contributed by atoms with Gasteiger partial charge in [0.1, 0.15) is 0 Å². The molecule has 102 valence electrons. The zero-order valence-corrected chi connectivity index (χ0v) is 11.3. The number of hydrogen-bond donors (Lipinski definition) is 0. The van der Waals surface area contributed by atoms with Crippen molar-refractivity contribution in [2.24, 2.45) is 0 Å². The van der Waals surface area contributed by atoms with E-state index in [4.69, 9.17) is 0 Å². The van der Waals surface area contributed by atoms with Gasteiger partial charge in [-0.1, -0.05) is 30.3 Å². The highest BCUT2D eigenvalue weighted by Gasteiger charge is 2.34. The molecule has 0 amide bonds. The summed E-state index contributed by atoms with van der Waals surface area (Å²) in [4.78, 5) is 5.39. The quantitative estimate of drug-likeness (QED) is 0.833. The first kappa shape index (κ1) is 13.9. The highest BCUT2D eigenvalue weighted by Crippen LogP contribution is 2.34. The van der Waals surface area contributed by atoms with Crippen molar-refractivity contribution in [1.82, 2.24) is 4.98 Å². The average molecular weight is 286 g/mol. The number of nitrogens with zero attached hydrogens (tertiary/aromatic N) is 2. The lowest BCUT2D eigenvalue weighted by atomic mass is 10.1. The summed E-state index contributed by atoms with van der Waals surface area (Å²) in [5.41, 5.74) is 0.202. The first-order valence-corrected chi connectivity index (χ1v) is 6.58. The normalized spacial score (nSPS) is 13.3. The number of anilines is 1. The van der Waals surface area contributed by atoms with Gasteiger partial charge in [-0.25, -0.2) is 4.98 Å². The van der Waals surface area contributed by atoms with Crippen molar-refractivity contribution in [1.29, 1.82) is 0 Å². The van der Waals surface area contributed by atoms with E-state index in [9.17, 15) is 13.2 Å². The van der Waals surface area contributed by atoms with Crippen LogP contribution in [0.25, 0.3) is 0 Å². The van der Waals surface area contributed by atoms with Crippen molar-refractivity contribution in [3.8, 4) is 0 Å². The summed E-state index contributed by atoms with van der Waals surface area (Å²) in [6.45, 7) is 1.93. The number of thiazole rings is 1. The van der Waals surface area contributed by atoms with Crippen LogP contribution >= 0.6 is 11.3 Å². The maximum atomic E-state index is 12.5. The maximum Gasteiger partial charge on any atom is 0.434 e. The largest absolute Gasteiger partial charge is 0.434 e. The summed E-state index contributed by atoms with van der Waals surface area (Å²) >= 11 is 1.00. The lowest BCUT2D eigenvalue weighted by Crippen LogP contribution is -2.21. The minimum Gasteiger partial charge on any atom is -0.344 e. The van der Waals surface area contributed by atoms with Gasteiger partial charge in [-0.3, -0.25) is 0 Å². The van der Waals surface area contributed by atoms with Gasteiger partial charge in [-0.2, -0.15) is 13.2 Å². The van der Waals surface area contributed by atoms with Gasteiger partial charge in [0.15, 0.2) is 10.8 Å². The Morgan fingerprint density at radius 3 is 2.37 bits per heavy atom. The van der Waals surface area contributed by atoms with E-state index < -0.39 is 11.9 Å². The van der Waals surface area contributed by atoms with Crippen LogP contribution in [0, 0.1) is 0 Å². The molecule has 0 fully saturated rings. The maximum absolute atomic E-state index is 12.5. The van der Waals surface area contributed by atoms with E-state index in [1.54, 1.807) is 11.9 Å². The average Bonchev–Trinajstić information content (AvgIpc) is 2.87. The molecule has 2 nitrogen and oxygen atoms in total.